The molecular formula is C19H16ClN7. The summed E-state index contributed by atoms with van der Waals surface area (Å²) in [6.07, 6.45) is 7.36. The lowest BCUT2D eigenvalue weighted by atomic mass is 9.90. The highest BCUT2D eigenvalue weighted by Gasteiger charge is 2.25. The summed E-state index contributed by atoms with van der Waals surface area (Å²) >= 11 is 6.00. The number of imidazole rings is 1. The van der Waals surface area contributed by atoms with Crippen LogP contribution in [0.4, 0.5) is 5.95 Å². The maximum atomic E-state index is 9.05. The van der Waals surface area contributed by atoms with E-state index in [0.29, 0.717) is 17.6 Å². The molecule has 2 heterocycles. The second-order valence-corrected chi connectivity index (χ2v) is 7.00. The molecule has 134 valence electrons. The Morgan fingerprint density at radius 3 is 2.85 bits per heavy atom. The Hall–Kier alpha value is -3.16. The van der Waals surface area contributed by atoms with Gasteiger partial charge in [0.1, 0.15) is 11.6 Å². The zero-order chi connectivity index (χ0) is 18.8. The molecule has 3 aromatic rings. The summed E-state index contributed by atoms with van der Waals surface area (Å²) < 4.78 is 2.19. The minimum atomic E-state index is 0.163. The molecule has 0 radical (unpaired) electrons. The molecule has 2 atom stereocenters. The average Bonchev–Trinajstić information content (AvgIpc) is 3.11. The van der Waals surface area contributed by atoms with Crippen LogP contribution >= 0.6 is 11.6 Å². The van der Waals surface area contributed by atoms with Crippen LogP contribution in [0.2, 0.25) is 5.15 Å². The molecule has 0 bridgehead atoms. The van der Waals surface area contributed by atoms with Crippen molar-refractivity contribution in [2.45, 2.75) is 37.8 Å². The highest BCUT2D eigenvalue weighted by molar-refractivity contribution is 6.30. The Balaban J connectivity index is 1.52. The first kappa shape index (κ1) is 17.3. The number of nitriles is 2. The summed E-state index contributed by atoms with van der Waals surface area (Å²) in [4.78, 5) is 12.8. The normalized spacial score (nSPS) is 19.4. The molecule has 0 amide bonds. The van der Waals surface area contributed by atoms with Gasteiger partial charge in [-0.05, 0) is 43.9 Å². The highest BCUT2D eigenvalue weighted by Crippen LogP contribution is 2.32. The van der Waals surface area contributed by atoms with E-state index in [1.165, 1.54) is 6.20 Å². The van der Waals surface area contributed by atoms with Gasteiger partial charge >= 0.3 is 0 Å². The number of anilines is 1. The minimum Gasteiger partial charge on any atom is -0.351 e. The fourth-order valence-electron chi connectivity index (χ4n) is 3.63. The molecule has 4 rings (SSSR count). The first-order chi connectivity index (χ1) is 13.2. The van der Waals surface area contributed by atoms with E-state index in [1.807, 2.05) is 30.6 Å². The van der Waals surface area contributed by atoms with Crippen LogP contribution in [-0.4, -0.2) is 25.6 Å². The number of rotatable bonds is 3. The van der Waals surface area contributed by atoms with E-state index in [2.05, 4.69) is 30.9 Å². The molecule has 0 spiro atoms. The maximum Gasteiger partial charge on any atom is 0.224 e. The second-order valence-electron chi connectivity index (χ2n) is 6.64. The maximum absolute atomic E-state index is 9.05. The summed E-state index contributed by atoms with van der Waals surface area (Å²) in [6, 6.07) is 10.2. The first-order valence-electron chi connectivity index (χ1n) is 8.74. The lowest BCUT2D eigenvalue weighted by molar-refractivity contribution is 0.336. The van der Waals surface area contributed by atoms with Gasteiger partial charge in [0.25, 0.3) is 0 Å². The molecule has 8 heteroatoms. The van der Waals surface area contributed by atoms with E-state index in [9.17, 15) is 0 Å². The fourth-order valence-corrected chi connectivity index (χ4v) is 3.80. The van der Waals surface area contributed by atoms with E-state index >= 15 is 0 Å². The SMILES string of the molecule is N#Cc1ccc2c(c1)ncn2[C@H]1CCC[C@@H](Nc2ncc(C#N)c(Cl)n2)C1. The topological polar surface area (TPSA) is 103 Å². The van der Waals surface area contributed by atoms with Crippen LogP contribution in [0.15, 0.2) is 30.7 Å². The number of halogens is 1. The minimum absolute atomic E-state index is 0.163. The van der Waals surface area contributed by atoms with Crippen molar-refractivity contribution in [3.05, 3.63) is 47.0 Å². The van der Waals surface area contributed by atoms with E-state index in [0.717, 1.165) is 36.7 Å². The molecule has 0 saturated heterocycles. The lowest BCUT2D eigenvalue weighted by Crippen LogP contribution is -2.29. The van der Waals surface area contributed by atoms with Gasteiger partial charge in [0.15, 0.2) is 5.15 Å². The molecular weight excluding hydrogens is 362 g/mol. The van der Waals surface area contributed by atoms with Gasteiger partial charge in [0.2, 0.25) is 5.95 Å². The third-order valence-corrected chi connectivity index (χ3v) is 5.23. The molecule has 1 N–H and O–H groups in total. The lowest BCUT2D eigenvalue weighted by Gasteiger charge is -2.31. The standard InChI is InChI=1S/C19H16ClN7/c20-18-13(9-22)10-23-19(26-18)25-14-2-1-3-15(7-14)27-11-24-16-6-12(8-21)4-5-17(16)27/h4-6,10-11,14-15H,1-3,7H2,(H,23,25,26)/t14-,15+/m1/s1. The van der Waals surface area contributed by atoms with Gasteiger partial charge < -0.3 is 9.88 Å². The van der Waals surface area contributed by atoms with Crippen LogP contribution in [0, 0.1) is 22.7 Å². The van der Waals surface area contributed by atoms with Crippen LogP contribution < -0.4 is 5.32 Å². The summed E-state index contributed by atoms with van der Waals surface area (Å²) in [5.41, 5.74) is 2.76. The largest absolute Gasteiger partial charge is 0.351 e. The number of nitrogens with one attached hydrogen (secondary N) is 1. The number of fused-ring (bicyclic) bond motifs is 1. The van der Waals surface area contributed by atoms with E-state index in [4.69, 9.17) is 22.1 Å². The number of nitrogens with zero attached hydrogens (tertiary/aromatic N) is 6. The quantitative estimate of drug-likeness (QED) is 0.696. The summed E-state index contributed by atoms with van der Waals surface area (Å²) in [6.45, 7) is 0. The number of benzene rings is 1. The Labute approximate surface area is 161 Å². The molecule has 0 aliphatic heterocycles. The van der Waals surface area contributed by atoms with Crippen LogP contribution in [0.25, 0.3) is 11.0 Å². The molecule has 2 aromatic heterocycles. The summed E-state index contributed by atoms with van der Waals surface area (Å²) in [7, 11) is 0. The summed E-state index contributed by atoms with van der Waals surface area (Å²) in [5.74, 6) is 0.443. The molecule has 0 unspecified atom stereocenters. The monoisotopic (exact) mass is 377 g/mol. The van der Waals surface area contributed by atoms with Crippen molar-refractivity contribution in [2.24, 2.45) is 0 Å². The van der Waals surface area contributed by atoms with Crippen molar-refractivity contribution in [3.8, 4) is 12.1 Å². The second kappa shape index (κ2) is 7.22. The van der Waals surface area contributed by atoms with Crippen LogP contribution in [-0.2, 0) is 0 Å². The van der Waals surface area contributed by atoms with Crippen molar-refractivity contribution in [1.82, 2.24) is 19.5 Å². The van der Waals surface area contributed by atoms with Crippen LogP contribution in [0.3, 0.4) is 0 Å². The Bertz CT molecular complexity index is 1080. The molecule has 1 saturated carbocycles. The van der Waals surface area contributed by atoms with E-state index in [1.54, 1.807) is 0 Å². The zero-order valence-electron chi connectivity index (χ0n) is 14.4. The average molecular weight is 378 g/mol. The molecule has 27 heavy (non-hydrogen) atoms. The molecule has 1 fully saturated rings. The van der Waals surface area contributed by atoms with E-state index in [-0.39, 0.29) is 16.8 Å². The van der Waals surface area contributed by atoms with Crippen LogP contribution in [0.1, 0.15) is 42.9 Å². The van der Waals surface area contributed by atoms with Crippen molar-refractivity contribution in [2.75, 3.05) is 5.32 Å². The van der Waals surface area contributed by atoms with Gasteiger partial charge in [-0.2, -0.15) is 15.5 Å². The van der Waals surface area contributed by atoms with Gasteiger partial charge in [-0.25, -0.2) is 9.97 Å². The Kier molecular flexibility index (Phi) is 4.62. The summed E-state index contributed by atoms with van der Waals surface area (Å²) in [5, 5.41) is 21.5. The van der Waals surface area contributed by atoms with Crippen molar-refractivity contribution in [1.29, 1.82) is 10.5 Å². The van der Waals surface area contributed by atoms with E-state index < -0.39 is 0 Å². The van der Waals surface area contributed by atoms with Gasteiger partial charge in [0.05, 0.1) is 35.2 Å². The van der Waals surface area contributed by atoms with Crippen molar-refractivity contribution >= 4 is 28.6 Å². The van der Waals surface area contributed by atoms with Crippen LogP contribution in [0.5, 0.6) is 0 Å². The van der Waals surface area contributed by atoms with Gasteiger partial charge in [-0.1, -0.05) is 11.6 Å². The number of hydrogen-bond acceptors (Lipinski definition) is 6. The Morgan fingerprint density at radius 1 is 1.19 bits per heavy atom. The smallest absolute Gasteiger partial charge is 0.224 e. The molecule has 1 aliphatic carbocycles. The first-order valence-corrected chi connectivity index (χ1v) is 9.11. The van der Waals surface area contributed by atoms with Gasteiger partial charge in [-0.3, -0.25) is 0 Å². The Morgan fingerprint density at radius 2 is 2.07 bits per heavy atom. The predicted molar refractivity (Wildman–Crippen MR) is 101 cm³/mol. The van der Waals surface area contributed by atoms with Crippen molar-refractivity contribution in [3.63, 3.8) is 0 Å². The highest BCUT2D eigenvalue weighted by atomic mass is 35.5. The van der Waals surface area contributed by atoms with Gasteiger partial charge in [-0.15, -0.1) is 0 Å². The third-order valence-electron chi connectivity index (χ3n) is 4.94. The number of hydrogen-bond donors (Lipinski definition) is 1. The number of aromatic nitrogens is 4. The fraction of sp³-hybridized carbons (Fsp3) is 0.316. The molecule has 1 aliphatic rings. The molecule has 1 aromatic carbocycles. The van der Waals surface area contributed by atoms with Crippen molar-refractivity contribution < 1.29 is 0 Å². The van der Waals surface area contributed by atoms with Gasteiger partial charge in [0, 0.05) is 12.1 Å². The zero-order valence-corrected chi connectivity index (χ0v) is 15.2. The molecule has 7 nitrogen and oxygen atoms in total. The third kappa shape index (κ3) is 3.42. The predicted octanol–water partition coefficient (Wildman–Crippen LogP) is 3.82.